The summed E-state index contributed by atoms with van der Waals surface area (Å²) in [5.41, 5.74) is 3.04. The maximum Gasteiger partial charge on any atom is 0.128 e. The molecular weight excluding hydrogens is 255 g/mol. The fourth-order valence-corrected chi connectivity index (χ4v) is 2.00. The first-order valence-corrected chi connectivity index (χ1v) is 5.87. The summed E-state index contributed by atoms with van der Waals surface area (Å²) in [5.74, 6) is 5.97. The largest absolute Gasteiger partial charge is 0.338 e. The van der Waals surface area contributed by atoms with Crippen molar-refractivity contribution in [1.82, 2.24) is 15.0 Å². The van der Waals surface area contributed by atoms with Crippen LogP contribution in [0.15, 0.2) is 30.6 Å². The highest BCUT2D eigenvalue weighted by Crippen LogP contribution is 2.23. The van der Waals surface area contributed by atoms with Crippen molar-refractivity contribution in [2.45, 2.75) is 12.5 Å². The van der Waals surface area contributed by atoms with Crippen molar-refractivity contribution in [3.63, 3.8) is 0 Å². The number of aromatic nitrogens is 2. The van der Waals surface area contributed by atoms with Crippen LogP contribution in [0.2, 0.25) is 5.02 Å². The number of aryl methyl sites for hydroxylation is 1. The molecule has 6 heteroatoms. The summed E-state index contributed by atoms with van der Waals surface area (Å²) in [6.07, 6.45) is 4.01. The second-order valence-corrected chi connectivity index (χ2v) is 4.48. The number of hydrogen-bond acceptors (Lipinski definition) is 3. The van der Waals surface area contributed by atoms with Gasteiger partial charge < -0.3 is 4.57 Å². The van der Waals surface area contributed by atoms with E-state index in [0.29, 0.717) is 17.0 Å². The molecular formula is C12H14ClFN4. The van der Waals surface area contributed by atoms with E-state index in [4.69, 9.17) is 17.4 Å². The van der Waals surface area contributed by atoms with Crippen LogP contribution in [0.25, 0.3) is 0 Å². The van der Waals surface area contributed by atoms with Gasteiger partial charge in [-0.1, -0.05) is 11.6 Å². The summed E-state index contributed by atoms with van der Waals surface area (Å²) in [5, 5.41) is 0.478. The SMILES string of the molecule is Cn1ccnc1CC(NN)c1cc(Cl)ccc1F. The van der Waals surface area contributed by atoms with Crippen LogP contribution in [0.4, 0.5) is 4.39 Å². The molecule has 0 amide bonds. The summed E-state index contributed by atoms with van der Waals surface area (Å²) >= 11 is 5.87. The summed E-state index contributed by atoms with van der Waals surface area (Å²) in [6.45, 7) is 0. The lowest BCUT2D eigenvalue weighted by Crippen LogP contribution is -2.31. The molecule has 3 N–H and O–H groups in total. The van der Waals surface area contributed by atoms with Crippen LogP contribution < -0.4 is 11.3 Å². The number of hydrogen-bond donors (Lipinski definition) is 2. The van der Waals surface area contributed by atoms with E-state index in [1.807, 2.05) is 17.8 Å². The Kier molecular flexibility index (Phi) is 3.96. The van der Waals surface area contributed by atoms with Gasteiger partial charge >= 0.3 is 0 Å². The van der Waals surface area contributed by atoms with Crippen molar-refractivity contribution >= 4 is 11.6 Å². The van der Waals surface area contributed by atoms with Crippen molar-refractivity contribution < 1.29 is 4.39 Å². The van der Waals surface area contributed by atoms with E-state index in [1.165, 1.54) is 12.1 Å². The Morgan fingerprint density at radius 1 is 1.56 bits per heavy atom. The number of hydrazine groups is 1. The predicted octanol–water partition coefficient (Wildman–Crippen LogP) is 1.96. The summed E-state index contributed by atoms with van der Waals surface area (Å²) in [7, 11) is 1.88. The third-order valence-corrected chi connectivity index (χ3v) is 3.08. The van der Waals surface area contributed by atoms with Gasteiger partial charge in [-0.25, -0.2) is 9.37 Å². The topological polar surface area (TPSA) is 55.9 Å². The maximum atomic E-state index is 13.8. The van der Waals surface area contributed by atoms with Gasteiger partial charge in [0, 0.05) is 36.4 Å². The first kappa shape index (κ1) is 13.0. The number of rotatable bonds is 4. The molecule has 0 saturated heterocycles. The van der Waals surface area contributed by atoms with E-state index >= 15 is 0 Å². The Bertz CT molecular complexity index is 541. The monoisotopic (exact) mass is 268 g/mol. The van der Waals surface area contributed by atoms with Gasteiger partial charge in [0.1, 0.15) is 11.6 Å². The molecule has 18 heavy (non-hydrogen) atoms. The molecule has 0 fully saturated rings. The van der Waals surface area contributed by atoms with Gasteiger partial charge in [0.2, 0.25) is 0 Å². The van der Waals surface area contributed by atoms with Crippen LogP contribution in [0.3, 0.4) is 0 Å². The van der Waals surface area contributed by atoms with Gasteiger partial charge in [-0.2, -0.15) is 0 Å². The van der Waals surface area contributed by atoms with Crippen molar-refractivity contribution in [3.8, 4) is 0 Å². The van der Waals surface area contributed by atoms with E-state index in [1.54, 1.807) is 12.3 Å². The summed E-state index contributed by atoms with van der Waals surface area (Å²) in [4.78, 5) is 4.19. The molecule has 0 bridgehead atoms. The Hall–Kier alpha value is -1.43. The molecule has 1 aromatic carbocycles. The second kappa shape index (κ2) is 5.48. The van der Waals surface area contributed by atoms with Gasteiger partial charge in [0.15, 0.2) is 0 Å². The number of nitrogens with two attached hydrogens (primary N) is 1. The van der Waals surface area contributed by atoms with Crippen LogP contribution in [0, 0.1) is 5.82 Å². The third-order valence-electron chi connectivity index (χ3n) is 2.84. The molecule has 2 aromatic rings. The lowest BCUT2D eigenvalue weighted by Gasteiger charge is -2.17. The molecule has 4 nitrogen and oxygen atoms in total. The van der Waals surface area contributed by atoms with Crippen molar-refractivity contribution in [2.24, 2.45) is 12.9 Å². The highest BCUT2D eigenvalue weighted by atomic mass is 35.5. The third kappa shape index (κ3) is 2.69. The molecule has 0 aliphatic carbocycles. The van der Waals surface area contributed by atoms with Crippen molar-refractivity contribution in [3.05, 3.63) is 52.8 Å². The van der Waals surface area contributed by atoms with Gasteiger partial charge in [0.25, 0.3) is 0 Å². The van der Waals surface area contributed by atoms with Crippen LogP contribution in [-0.4, -0.2) is 9.55 Å². The van der Waals surface area contributed by atoms with Crippen molar-refractivity contribution in [1.29, 1.82) is 0 Å². The molecule has 0 saturated carbocycles. The van der Waals surface area contributed by atoms with Gasteiger partial charge in [0.05, 0.1) is 6.04 Å². The Morgan fingerprint density at radius 2 is 2.33 bits per heavy atom. The quantitative estimate of drug-likeness (QED) is 0.658. The van der Waals surface area contributed by atoms with E-state index < -0.39 is 0 Å². The van der Waals surface area contributed by atoms with E-state index in [9.17, 15) is 4.39 Å². The molecule has 1 unspecified atom stereocenters. The molecule has 0 aliphatic heterocycles. The minimum Gasteiger partial charge on any atom is -0.338 e. The minimum atomic E-state index is -0.371. The summed E-state index contributed by atoms with van der Waals surface area (Å²) in [6, 6.07) is 4.05. The predicted molar refractivity (Wildman–Crippen MR) is 68.4 cm³/mol. The molecule has 1 atom stereocenters. The van der Waals surface area contributed by atoms with Crippen LogP contribution >= 0.6 is 11.6 Å². The van der Waals surface area contributed by atoms with E-state index in [2.05, 4.69) is 10.4 Å². The Balaban J connectivity index is 2.28. The molecule has 0 radical (unpaired) electrons. The van der Waals surface area contributed by atoms with E-state index in [0.717, 1.165) is 5.82 Å². The number of imidazole rings is 1. The fourth-order valence-electron chi connectivity index (χ4n) is 1.82. The smallest absolute Gasteiger partial charge is 0.128 e. The lowest BCUT2D eigenvalue weighted by atomic mass is 10.0. The molecule has 0 spiro atoms. The zero-order chi connectivity index (χ0) is 13.1. The van der Waals surface area contributed by atoms with Gasteiger partial charge in [-0.3, -0.25) is 11.3 Å². The second-order valence-electron chi connectivity index (χ2n) is 4.04. The number of halogens is 2. The highest BCUT2D eigenvalue weighted by molar-refractivity contribution is 6.30. The molecule has 96 valence electrons. The van der Waals surface area contributed by atoms with Crippen molar-refractivity contribution in [2.75, 3.05) is 0 Å². The maximum absolute atomic E-state index is 13.8. The zero-order valence-electron chi connectivity index (χ0n) is 9.90. The van der Waals surface area contributed by atoms with Gasteiger partial charge in [-0.15, -0.1) is 0 Å². The average molecular weight is 269 g/mol. The van der Waals surface area contributed by atoms with Crippen LogP contribution in [0.5, 0.6) is 0 Å². The molecule has 1 aromatic heterocycles. The Morgan fingerprint density at radius 3 is 2.94 bits per heavy atom. The number of nitrogens with one attached hydrogen (secondary N) is 1. The van der Waals surface area contributed by atoms with E-state index in [-0.39, 0.29) is 11.9 Å². The van der Waals surface area contributed by atoms with Crippen LogP contribution in [0.1, 0.15) is 17.4 Å². The average Bonchev–Trinajstić information content (AvgIpc) is 2.75. The number of benzene rings is 1. The number of nitrogens with zero attached hydrogens (tertiary/aromatic N) is 2. The first-order chi connectivity index (χ1) is 8.61. The highest BCUT2D eigenvalue weighted by Gasteiger charge is 2.17. The first-order valence-electron chi connectivity index (χ1n) is 5.49. The fraction of sp³-hybridized carbons (Fsp3) is 0.250. The molecule has 0 aliphatic rings. The standard InChI is InChI=1S/C12H14ClFN4/c1-18-5-4-16-12(18)7-11(17-15)9-6-8(13)2-3-10(9)14/h2-6,11,17H,7,15H2,1H3. The molecule has 2 rings (SSSR count). The molecule has 1 heterocycles. The Labute approximate surface area is 110 Å². The normalized spacial score (nSPS) is 12.7. The van der Waals surface area contributed by atoms with Gasteiger partial charge in [-0.05, 0) is 18.2 Å². The van der Waals surface area contributed by atoms with Crippen LogP contribution in [-0.2, 0) is 13.5 Å². The lowest BCUT2D eigenvalue weighted by molar-refractivity contribution is 0.497. The zero-order valence-corrected chi connectivity index (χ0v) is 10.7. The summed E-state index contributed by atoms with van der Waals surface area (Å²) < 4.78 is 15.6. The minimum absolute atomic E-state index is 0.337.